The monoisotopic (exact) mass is 657 g/mol. The fourth-order valence-corrected chi connectivity index (χ4v) is 6.31. The van der Waals surface area contributed by atoms with E-state index in [4.69, 9.17) is 40.5 Å². The Morgan fingerprint density at radius 1 is 0.800 bits per heavy atom. The van der Waals surface area contributed by atoms with Crippen LogP contribution in [0.5, 0.6) is 0 Å². The van der Waals surface area contributed by atoms with E-state index in [2.05, 4.69) is 10.2 Å². The second-order valence-electron chi connectivity index (χ2n) is 7.60. The van der Waals surface area contributed by atoms with Crippen LogP contribution in [0.3, 0.4) is 0 Å². The number of furan rings is 1. The molecule has 2 aromatic carbocycles. The molecule has 0 aliphatic carbocycles. The molecule has 218 valence electrons. The van der Waals surface area contributed by atoms with E-state index in [9.17, 15) is 31.5 Å². The number of nitro groups is 1. The average molecular weight is 658 g/mol. The molecule has 3 aromatic rings. The summed E-state index contributed by atoms with van der Waals surface area (Å²) in [5.74, 6) is -0.588. The van der Waals surface area contributed by atoms with Crippen LogP contribution in [-0.2, 0) is 44.3 Å². The Bertz CT molecular complexity index is 1480. The Balaban J connectivity index is 1.59. The van der Waals surface area contributed by atoms with E-state index >= 15 is 0 Å². The number of rotatable bonds is 16. The maximum absolute atomic E-state index is 13.3. The first-order valence-electron chi connectivity index (χ1n) is 11.1. The van der Waals surface area contributed by atoms with Crippen molar-refractivity contribution in [2.75, 3.05) is 26.3 Å². The van der Waals surface area contributed by atoms with E-state index in [0.29, 0.717) is 10.0 Å². The molecule has 14 nitrogen and oxygen atoms in total. The highest BCUT2D eigenvalue weighted by molar-refractivity contribution is 7.87. The molecule has 1 heterocycles. The summed E-state index contributed by atoms with van der Waals surface area (Å²) < 4.78 is 82.8. The van der Waals surface area contributed by atoms with E-state index in [1.165, 1.54) is 54.6 Å². The molecule has 0 bridgehead atoms. The van der Waals surface area contributed by atoms with Gasteiger partial charge in [-0.3, -0.25) is 27.6 Å². The van der Waals surface area contributed by atoms with Crippen LogP contribution < -0.4 is 10.2 Å². The van der Waals surface area contributed by atoms with Gasteiger partial charge in [0.2, 0.25) is 0 Å². The van der Waals surface area contributed by atoms with Gasteiger partial charge in [0, 0.05) is 23.1 Å². The lowest BCUT2D eigenvalue weighted by atomic mass is 10.4. The average Bonchev–Trinajstić information content (AvgIpc) is 3.39. The number of nitrogens with zero attached hydrogens (tertiary/aromatic N) is 1. The zero-order chi connectivity index (χ0) is 29.4. The molecule has 2 N–H and O–H groups in total. The van der Waals surface area contributed by atoms with Crippen molar-refractivity contribution in [2.24, 2.45) is 0 Å². The Labute approximate surface area is 239 Å². The molecule has 0 saturated carbocycles. The second-order valence-corrected chi connectivity index (χ2v) is 13.7. The molecule has 0 amide bonds. The van der Waals surface area contributed by atoms with Crippen LogP contribution in [0.25, 0.3) is 0 Å². The Morgan fingerprint density at radius 2 is 1.25 bits per heavy atom. The van der Waals surface area contributed by atoms with E-state index in [1.807, 2.05) is 0 Å². The highest BCUT2D eigenvalue weighted by Crippen LogP contribution is 2.38. The lowest BCUT2D eigenvalue weighted by Gasteiger charge is -2.20. The minimum Gasteiger partial charge on any atom is -0.403 e. The van der Waals surface area contributed by atoms with Crippen LogP contribution in [0.1, 0.15) is 5.76 Å². The van der Waals surface area contributed by atoms with Gasteiger partial charge in [-0.05, 0) is 54.6 Å². The predicted molar refractivity (Wildman–Crippen MR) is 143 cm³/mol. The van der Waals surface area contributed by atoms with Crippen LogP contribution in [-0.4, -0.2) is 48.1 Å². The summed E-state index contributed by atoms with van der Waals surface area (Å²) in [6.07, 6.45) is 0. The van der Waals surface area contributed by atoms with Crippen molar-refractivity contribution in [1.29, 1.82) is 0 Å². The highest BCUT2D eigenvalue weighted by Gasteiger charge is 2.25. The smallest absolute Gasteiger partial charge is 0.403 e. The van der Waals surface area contributed by atoms with Gasteiger partial charge in [0.05, 0.1) is 29.1 Å². The summed E-state index contributed by atoms with van der Waals surface area (Å²) in [7, 11) is -12.3. The fraction of sp³-hybridized carbons (Fsp3) is 0.238. The maximum Gasteiger partial charge on any atom is 0.433 e. The predicted octanol–water partition coefficient (Wildman–Crippen LogP) is 4.11. The minimum absolute atomic E-state index is 0.0290. The van der Waals surface area contributed by atoms with E-state index in [-0.39, 0.29) is 28.6 Å². The summed E-state index contributed by atoms with van der Waals surface area (Å²) in [6.45, 7) is -2.03. The first kappa shape index (κ1) is 32.1. The van der Waals surface area contributed by atoms with Crippen LogP contribution in [0.4, 0.5) is 5.88 Å². The lowest BCUT2D eigenvalue weighted by Crippen LogP contribution is -2.30. The normalized spacial score (nSPS) is 12.4. The third-order valence-electron chi connectivity index (χ3n) is 4.74. The molecule has 0 aliphatic rings. The molecule has 0 aliphatic heterocycles. The number of nitrogens with one attached hydrogen (secondary N) is 2. The van der Waals surface area contributed by atoms with E-state index < -0.39 is 58.5 Å². The van der Waals surface area contributed by atoms with Gasteiger partial charge in [-0.2, -0.15) is 16.8 Å². The zero-order valence-corrected chi connectivity index (χ0v) is 24.3. The van der Waals surface area contributed by atoms with Crippen LogP contribution in [0, 0.1) is 10.1 Å². The summed E-state index contributed by atoms with van der Waals surface area (Å²) in [4.78, 5) is 9.76. The van der Waals surface area contributed by atoms with Crippen molar-refractivity contribution in [3.8, 4) is 0 Å². The van der Waals surface area contributed by atoms with Crippen molar-refractivity contribution in [3.05, 3.63) is 86.6 Å². The Hall–Kier alpha value is -2.37. The van der Waals surface area contributed by atoms with Gasteiger partial charge >= 0.3 is 13.6 Å². The van der Waals surface area contributed by atoms with Gasteiger partial charge in [-0.1, -0.05) is 23.2 Å². The topological polar surface area (TPSA) is 193 Å². The van der Waals surface area contributed by atoms with Crippen LogP contribution in [0.15, 0.2) is 74.9 Å². The van der Waals surface area contributed by atoms with Crippen LogP contribution >= 0.6 is 30.9 Å². The largest absolute Gasteiger partial charge is 0.433 e. The van der Waals surface area contributed by atoms with E-state index in [1.54, 1.807) is 0 Å². The van der Waals surface area contributed by atoms with Crippen molar-refractivity contribution in [2.45, 2.75) is 16.4 Å². The molecule has 0 unspecified atom stereocenters. The molecule has 0 saturated heterocycles. The highest BCUT2D eigenvalue weighted by atomic mass is 35.5. The number of hydrogen-bond acceptors (Lipinski definition) is 11. The van der Waals surface area contributed by atoms with Crippen molar-refractivity contribution in [1.82, 2.24) is 10.2 Å². The van der Waals surface area contributed by atoms with Gasteiger partial charge in [0.1, 0.15) is 17.3 Å². The zero-order valence-electron chi connectivity index (χ0n) is 20.3. The van der Waals surface area contributed by atoms with Crippen molar-refractivity contribution in [3.63, 3.8) is 0 Å². The molecule has 0 radical (unpaired) electrons. The summed E-state index contributed by atoms with van der Waals surface area (Å²) in [5.41, 5.74) is 0. The molecule has 19 heteroatoms. The fourth-order valence-electron chi connectivity index (χ4n) is 2.87. The molecule has 0 atom stereocenters. The number of benzene rings is 2. The van der Waals surface area contributed by atoms with E-state index in [0.717, 1.165) is 6.07 Å². The van der Waals surface area contributed by atoms with Crippen molar-refractivity contribution >= 4 is 57.0 Å². The quantitative estimate of drug-likeness (QED) is 0.0735. The Kier molecular flexibility index (Phi) is 11.3. The second kappa shape index (κ2) is 14.0. The molecule has 3 rings (SSSR count). The minimum atomic E-state index is -4.15. The standard InChI is InChI=1S/C21H22Cl2N3O11PS2/c22-16-1-6-19(7-2-16)39(30,31)35-13-11-24-38(29,34-15-18-5-10-21(37-18)26(27)28)25-12-14-36-40(32,33)20-8-3-17(23)4-9-20/h1-10H,11-15H2,(H2,24,25,29). The van der Waals surface area contributed by atoms with Gasteiger partial charge in [0.25, 0.3) is 20.2 Å². The van der Waals surface area contributed by atoms with Gasteiger partial charge in [-0.15, -0.1) is 0 Å². The summed E-state index contributed by atoms with van der Waals surface area (Å²) in [6, 6.07) is 12.8. The van der Waals surface area contributed by atoms with Gasteiger partial charge in [0.15, 0.2) is 0 Å². The number of hydrogen-bond donors (Lipinski definition) is 2. The first-order chi connectivity index (χ1) is 18.8. The maximum atomic E-state index is 13.3. The van der Waals surface area contributed by atoms with Crippen molar-refractivity contribution < 1.29 is 43.6 Å². The van der Waals surface area contributed by atoms with Gasteiger partial charge in [-0.25, -0.2) is 10.2 Å². The molecular formula is C21H22Cl2N3O11PS2. The molecule has 0 fully saturated rings. The van der Waals surface area contributed by atoms with Crippen LogP contribution in [0.2, 0.25) is 10.0 Å². The summed E-state index contributed by atoms with van der Waals surface area (Å²) >= 11 is 11.5. The SMILES string of the molecule is O=[N+]([O-])c1ccc(COP(=O)(NCCOS(=O)(=O)c2ccc(Cl)cc2)NCCOS(=O)(=O)c2ccc(Cl)cc2)o1. The molecule has 0 spiro atoms. The lowest BCUT2D eigenvalue weighted by molar-refractivity contribution is -0.402. The first-order valence-corrected chi connectivity index (χ1v) is 16.3. The molecule has 40 heavy (non-hydrogen) atoms. The third kappa shape index (κ3) is 9.62. The van der Waals surface area contributed by atoms with Gasteiger partial charge < -0.3 is 4.42 Å². The number of halogens is 2. The molecule has 1 aromatic heterocycles. The summed E-state index contributed by atoms with van der Waals surface area (Å²) in [5, 5.41) is 16.4. The Morgan fingerprint density at radius 3 is 1.65 bits per heavy atom. The third-order valence-corrected chi connectivity index (χ3v) is 9.67. The molecular weight excluding hydrogens is 636 g/mol.